The molecular weight excluding hydrogens is 434 g/mol. The van der Waals surface area contributed by atoms with Gasteiger partial charge in [-0.25, -0.2) is 9.78 Å². The van der Waals surface area contributed by atoms with Crippen LogP contribution >= 0.6 is 11.6 Å². The molecule has 0 spiro atoms. The van der Waals surface area contributed by atoms with Gasteiger partial charge >= 0.3 is 5.97 Å². The van der Waals surface area contributed by atoms with Crippen molar-refractivity contribution < 1.29 is 14.3 Å². The van der Waals surface area contributed by atoms with Crippen molar-refractivity contribution in [1.29, 1.82) is 0 Å². The topological polar surface area (TPSA) is 108 Å². The largest absolute Gasteiger partial charge is 0.465 e. The van der Waals surface area contributed by atoms with Crippen molar-refractivity contribution in [2.24, 2.45) is 0 Å². The molecule has 0 bridgehead atoms. The molecule has 10 heteroatoms. The number of likely N-dealkylation sites (N-methyl/N-ethyl adjacent to an activating group) is 1. The van der Waals surface area contributed by atoms with Gasteiger partial charge in [0.15, 0.2) is 0 Å². The SMILES string of the molecule is COC(=O)c1ccc(Cl)c(NC(=O)c2cc3cnc(N4CCN(C)CC4)cc3[nH]c2=O)c1. The van der Waals surface area contributed by atoms with E-state index >= 15 is 0 Å². The van der Waals surface area contributed by atoms with Gasteiger partial charge in [0.25, 0.3) is 11.5 Å². The molecular formula is C22H22ClN5O4. The Labute approximate surface area is 188 Å². The summed E-state index contributed by atoms with van der Waals surface area (Å²) >= 11 is 6.14. The molecule has 1 saturated heterocycles. The number of fused-ring (bicyclic) bond motifs is 1. The quantitative estimate of drug-likeness (QED) is 0.581. The molecule has 1 aromatic carbocycles. The summed E-state index contributed by atoms with van der Waals surface area (Å²) in [5, 5.41) is 3.44. The molecule has 32 heavy (non-hydrogen) atoms. The number of hydrogen-bond donors (Lipinski definition) is 2. The molecule has 0 unspecified atom stereocenters. The number of amides is 1. The average molecular weight is 456 g/mol. The second kappa shape index (κ2) is 8.97. The molecule has 1 fully saturated rings. The minimum atomic E-state index is -0.653. The number of halogens is 1. The zero-order valence-electron chi connectivity index (χ0n) is 17.6. The number of nitrogens with one attached hydrogen (secondary N) is 2. The van der Waals surface area contributed by atoms with Crippen LogP contribution in [0.1, 0.15) is 20.7 Å². The molecule has 9 nitrogen and oxygen atoms in total. The van der Waals surface area contributed by atoms with E-state index in [1.54, 1.807) is 6.20 Å². The molecule has 0 atom stereocenters. The lowest BCUT2D eigenvalue weighted by Crippen LogP contribution is -2.44. The van der Waals surface area contributed by atoms with E-state index in [1.165, 1.54) is 31.4 Å². The maximum absolute atomic E-state index is 12.8. The van der Waals surface area contributed by atoms with Crippen LogP contribution in [0.3, 0.4) is 0 Å². The van der Waals surface area contributed by atoms with Gasteiger partial charge in [-0.05, 0) is 31.3 Å². The summed E-state index contributed by atoms with van der Waals surface area (Å²) in [4.78, 5) is 48.9. The van der Waals surface area contributed by atoms with Crippen LogP contribution in [0.15, 0.2) is 41.3 Å². The van der Waals surface area contributed by atoms with Gasteiger partial charge in [0.1, 0.15) is 11.4 Å². The van der Waals surface area contributed by atoms with Crippen LogP contribution in [-0.4, -0.2) is 67.1 Å². The van der Waals surface area contributed by atoms with Crippen LogP contribution in [0.2, 0.25) is 5.02 Å². The number of pyridine rings is 2. The molecule has 4 rings (SSSR count). The van der Waals surface area contributed by atoms with Gasteiger partial charge in [-0.3, -0.25) is 9.59 Å². The number of carbonyl (C=O) groups excluding carboxylic acids is 2. The summed E-state index contributed by atoms with van der Waals surface area (Å²) in [5.74, 6) is -0.437. The Morgan fingerprint density at radius 1 is 1.16 bits per heavy atom. The second-order valence-corrected chi connectivity index (χ2v) is 7.98. The van der Waals surface area contributed by atoms with Gasteiger partial charge < -0.3 is 24.8 Å². The van der Waals surface area contributed by atoms with Crippen molar-refractivity contribution in [3.05, 3.63) is 63.0 Å². The Bertz CT molecular complexity index is 1250. The van der Waals surface area contributed by atoms with Crippen molar-refractivity contribution in [2.75, 3.05) is 50.6 Å². The highest BCUT2D eigenvalue weighted by molar-refractivity contribution is 6.34. The molecule has 1 aliphatic heterocycles. The van der Waals surface area contributed by atoms with Crippen molar-refractivity contribution in [3.8, 4) is 0 Å². The first-order chi connectivity index (χ1) is 15.4. The number of nitrogens with zero attached hydrogens (tertiary/aromatic N) is 3. The summed E-state index contributed by atoms with van der Waals surface area (Å²) in [7, 11) is 3.33. The Hall–Kier alpha value is -3.43. The molecule has 2 N–H and O–H groups in total. The molecule has 166 valence electrons. The van der Waals surface area contributed by atoms with E-state index in [0.29, 0.717) is 10.9 Å². The van der Waals surface area contributed by atoms with E-state index in [1.807, 2.05) is 6.07 Å². The molecule has 0 aliphatic carbocycles. The van der Waals surface area contributed by atoms with Gasteiger partial charge in [-0.1, -0.05) is 11.6 Å². The first-order valence-electron chi connectivity index (χ1n) is 10.0. The van der Waals surface area contributed by atoms with Crippen LogP contribution in [0, 0.1) is 0 Å². The number of rotatable bonds is 4. The number of anilines is 2. The number of methoxy groups -OCH3 is 1. The maximum Gasteiger partial charge on any atom is 0.337 e. The molecule has 0 radical (unpaired) electrons. The molecule has 1 amide bonds. The predicted molar refractivity (Wildman–Crippen MR) is 123 cm³/mol. The van der Waals surface area contributed by atoms with Crippen molar-refractivity contribution in [2.45, 2.75) is 0 Å². The zero-order chi connectivity index (χ0) is 22.8. The number of carbonyl (C=O) groups is 2. The first kappa shape index (κ1) is 21.8. The van der Waals surface area contributed by atoms with Gasteiger partial charge in [0, 0.05) is 43.8 Å². The van der Waals surface area contributed by atoms with E-state index in [-0.39, 0.29) is 21.8 Å². The number of piperazine rings is 1. The number of esters is 1. The smallest absolute Gasteiger partial charge is 0.337 e. The highest BCUT2D eigenvalue weighted by Gasteiger charge is 2.18. The number of aromatic amines is 1. The Balaban J connectivity index is 1.60. The van der Waals surface area contributed by atoms with E-state index < -0.39 is 17.4 Å². The minimum absolute atomic E-state index is 0.0915. The summed E-state index contributed by atoms with van der Waals surface area (Å²) in [5.41, 5.74) is 0.390. The third-order valence-electron chi connectivity index (χ3n) is 5.42. The Morgan fingerprint density at radius 3 is 2.62 bits per heavy atom. The molecule has 3 heterocycles. The number of H-pyrrole nitrogens is 1. The number of aromatic nitrogens is 2. The van der Waals surface area contributed by atoms with Crippen molar-refractivity contribution >= 4 is 45.9 Å². The third kappa shape index (κ3) is 4.44. The zero-order valence-corrected chi connectivity index (χ0v) is 18.4. The van der Waals surface area contributed by atoms with E-state index in [0.717, 1.165) is 32.0 Å². The van der Waals surface area contributed by atoms with Crippen molar-refractivity contribution in [3.63, 3.8) is 0 Å². The minimum Gasteiger partial charge on any atom is -0.465 e. The summed E-state index contributed by atoms with van der Waals surface area (Å²) in [6, 6.07) is 7.65. The van der Waals surface area contributed by atoms with Crippen LogP contribution < -0.4 is 15.8 Å². The lowest BCUT2D eigenvalue weighted by atomic mass is 10.1. The standard InChI is InChI=1S/C22H22ClN5O4/c1-27-5-7-28(8-6-27)19-11-17-14(12-24-19)9-15(20(29)25-17)21(30)26-18-10-13(22(31)32-2)3-4-16(18)23/h3-4,9-12H,5-8H2,1-2H3,(H,25,29)(H,26,30). The predicted octanol–water partition coefficient (Wildman–Crippen LogP) is 2.37. The van der Waals surface area contributed by atoms with E-state index in [2.05, 4.69) is 36.9 Å². The Kier molecular flexibility index (Phi) is 6.11. The fourth-order valence-corrected chi connectivity index (χ4v) is 3.69. The fourth-order valence-electron chi connectivity index (χ4n) is 3.52. The summed E-state index contributed by atoms with van der Waals surface area (Å²) < 4.78 is 4.68. The van der Waals surface area contributed by atoms with Crippen LogP contribution in [0.4, 0.5) is 11.5 Å². The second-order valence-electron chi connectivity index (χ2n) is 7.57. The van der Waals surface area contributed by atoms with Crippen LogP contribution in [-0.2, 0) is 4.74 Å². The highest BCUT2D eigenvalue weighted by atomic mass is 35.5. The normalized spacial score (nSPS) is 14.4. The lowest BCUT2D eigenvalue weighted by molar-refractivity contribution is 0.0600. The summed E-state index contributed by atoms with van der Waals surface area (Å²) in [6.07, 6.45) is 1.64. The van der Waals surface area contributed by atoms with E-state index in [9.17, 15) is 14.4 Å². The highest BCUT2D eigenvalue weighted by Crippen LogP contribution is 2.24. The number of benzene rings is 1. The van der Waals surface area contributed by atoms with Crippen LogP contribution in [0.25, 0.3) is 10.9 Å². The monoisotopic (exact) mass is 455 g/mol. The van der Waals surface area contributed by atoms with Crippen molar-refractivity contribution in [1.82, 2.24) is 14.9 Å². The molecule has 2 aromatic heterocycles. The third-order valence-corrected chi connectivity index (χ3v) is 5.75. The average Bonchev–Trinajstić information content (AvgIpc) is 2.79. The van der Waals surface area contributed by atoms with Gasteiger partial charge in [0.2, 0.25) is 0 Å². The molecule has 1 aliphatic rings. The lowest BCUT2D eigenvalue weighted by Gasteiger charge is -2.33. The van der Waals surface area contributed by atoms with Gasteiger partial charge in [-0.2, -0.15) is 0 Å². The molecule has 3 aromatic rings. The number of hydrogen-bond acceptors (Lipinski definition) is 7. The van der Waals surface area contributed by atoms with Gasteiger partial charge in [-0.15, -0.1) is 0 Å². The summed E-state index contributed by atoms with van der Waals surface area (Å²) in [6.45, 7) is 3.58. The molecule has 0 saturated carbocycles. The van der Waals surface area contributed by atoms with E-state index in [4.69, 9.17) is 11.6 Å². The fraction of sp³-hybridized carbons (Fsp3) is 0.273. The first-order valence-corrected chi connectivity index (χ1v) is 10.4. The van der Waals surface area contributed by atoms with Gasteiger partial charge in [0.05, 0.1) is 28.9 Å². The maximum atomic E-state index is 12.8. The van der Waals surface area contributed by atoms with Crippen LogP contribution in [0.5, 0.6) is 0 Å². The number of ether oxygens (including phenoxy) is 1. The Morgan fingerprint density at radius 2 is 1.91 bits per heavy atom.